The van der Waals surface area contributed by atoms with Crippen LogP contribution in [0.15, 0.2) is 12.1 Å². The van der Waals surface area contributed by atoms with Crippen LogP contribution in [0.4, 0.5) is 10.1 Å². The molecule has 24 heavy (non-hydrogen) atoms. The highest BCUT2D eigenvalue weighted by Gasteiger charge is 2.18. The van der Waals surface area contributed by atoms with E-state index in [-0.39, 0.29) is 42.1 Å². The number of rotatable bonds is 7. The van der Waals surface area contributed by atoms with Gasteiger partial charge in [-0.1, -0.05) is 13.8 Å². The third-order valence-corrected chi connectivity index (χ3v) is 3.19. The molecule has 0 unspecified atom stereocenters. The molecule has 2 amide bonds. The Bertz CT molecular complexity index is 584. The zero-order chi connectivity index (χ0) is 17.6. The lowest BCUT2D eigenvalue weighted by molar-refractivity contribution is -0.125. The number of nitrogens with one attached hydrogen (secondary N) is 2. The average Bonchev–Trinajstić information content (AvgIpc) is 2.53. The Morgan fingerprint density at radius 3 is 2.25 bits per heavy atom. The first-order chi connectivity index (χ1) is 10.8. The molecule has 9 heteroatoms. The first-order valence-corrected chi connectivity index (χ1v) is 7.04. The van der Waals surface area contributed by atoms with Gasteiger partial charge in [0.2, 0.25) is 11.8 Å². The van der Waals surface area contributed by atoms with Crippen LogP contribution >= 0.6 is 12.4 Å². The number of halogens is 2. The highest BCUT2D eigenvalue weighted by Crippen LogP contribution is 2.32. The zero-order valence-corrected chi connectivity index (χ0v) is 14.8. The first kappa shape index (κ1) is 21.9. The van der Waals surface area contributed by atoms with Crippen LogP contribution in [0.2, 0.25) is 0 Å². The summed E-state index contributed by atoms with van der Waals surface area (Å²) in [7, 11) is 2.78. The number of anilines is 1. The van der Waals surface area contributed by atoms with Crippen LogP contribution in [0.3, 0.4) is 0 Å². The molecule has 0 heterocycles. The Hall–Kier alpha value is -2.06. The van der Waals surface area contributed by atoms with Gasteiger partial charge >= 0.3 is 0 Å². The van der Waals surface area contributed by atoms with E-state index in [2.05, 4.69) is 10.6 Å². The normalized spacial score (nSPS) is 11.3. The van der Waals surface area contributed by atoms with Crippen LogP contribution in [-0.4, -0.2) is 38.6 Å². The van der Waals surface area contributed by atoms with Gasteiger partial charge < -0.3 is 25.8 Å². The first-order valence-electron chi connectivity index (χ1n) is 7.04. The number of carbonyl (C=O) groups is 2. The molecule has 0 spiro atoms. The number of methoxy groups -OCH3 is 2. The maximum Gasteiger partial charge on any atom is 0.243 e. The standard InChI is InChI=1S/C15H22FN3O4.ClH/c1-8(2)14(17)15(21)18-7-13(20)19-10-6-12(23-4)11(22-3)5-9(10)16;/h5-6,8,14H,7,17H2,1-4H3,(H,18,21)(H,19,20);1H/t14-;/m0./s1. The van der Waals surface area contributed by atoms with E-state index >= 15 is 0 Å². The van der Waals surface area contributed by atoms with Gasteiger partial charge in [-0.25, -0.2) is 4.39 Å². The lowest BCUT2D eigenvalue weighted by Crippen LogP contribution is -2.46. The van der Waals surface area contributed by atoms with Gasteiger partial charge in [0, 0.05) is 12.1 Å². The van der Waals surface area contributed by atoms with Crippen molar-refractivity contribution in [3.63, 3.8) is 0 Å². The van der Waals surface area contributed by atoms with Crippen LogP contribution in [-0.2, 0) is 9.59 Å². The van der Waals surface area contributed by atoms with Crippen LogP contribution < -0.4 is 25.8 Å². The predicted octanol–water partition coefficient (Wildman–Crippen LogP) is 1.30. The van der Waals surface area contributed by atoms with Crippen molar-refractivity contribution >= 4 is 29.9 Å². The summed E-state index contributed by atoms with van der Waals surface area (Å²) < 4.78 is 23.9. The second-order valence-electron chi connectivity index (χ2n) is 5.22. The summed E-state index contributed by atoms with van der Waals surface area (Å²) in [4.78, 5) is 23.5. The fourth-order valence-electron chi connectivity index (χ4n) is 1.73. The van der Waals surface area contributed by atoms with Crippen molar-refractivity contribution in [1.29, 1.82) is 0 Å². The van der Waals surface area contributed by atoms with Gasteiger partial charge in [-0.05, 0) is 5.92 Å². The number of ether oxygens (including phenoxy) is 2. The van der Waals surface area contributed by atoms with Gasteiger partial charge in [-0.3, -0.25) is 9.59 Å². The maximum absolute atomic E-state index is 13.9. The molecule has 1 aromatic carbocycles. The molecule has 0 bridgehead atoms. The van der Waals surface area contributed by atoms with Crippen LogP contribution in [0.1, 0.15) is 13.8 Å². The van der Waals surface area contributed by atoms with E-state index in [1.165, 1.54) is 20.3 Å². The maximum atomic E-state index is 13.9. The van der Waals surface area contributed by atoms with Crippen molar-refractivity contribution < 1.29 is 23.5 Å². The number of carbonyl (C=O) groups excluding carboxylic acids is 2. The summed E-state index contributed by atoms with van der Waals surface area (Å²) in [6.07, 6.45) is 0. The quantitative estimate of drug-likeness (QED) is 0.677. The lowest BCUT2D eigenvalue weighted by Gasteiger charge is -2.15. The van der Waals surface area contributed by atoms with Crippen molar-refractivity contribution in [3.05, 3.63) is 17.9 Å². The SMILES string of the molecule is COc1cc(F)c(NC(=O)CNC(=O)[C@@H](N)C(C)C)cc1OC.Cl. The van der Waals surface area contributed by atoms with E-state index in [1.807, 2.05) is 0 Å². The summed E-state index contributed by atoms with van der Waals surface area (Å²) in [5.74, 6) is -1.28. The molecule has 0 fully saturated rings. The topological polar surface area (TPSA) is 103 Å². The number of amides is 2. The van der Waals surface area contributed by atoms with Crippen LogP contribution in [0, 0.1) is 11.7 Å². The van der Waals surface area contributed by atoms with E-state index in [4.69, 9.17) is 15.2 Å². The molecule has 7 nitrogen and oxygen atoms in total. The molecule has 0 saturated heterocycles. The number of hydrogen-bond acceptors (Lipinski definition) is 5. The van der Waals surface area contributed by atoms with Crippen LogP contribution in [0.5, 0.6) is 11.5 Å². The van der Waals surface area contributed by atoms with Gasteiger partial charge in [0.1, 0.15) is 0 Å². The van der Waals surface area contributed by atoms with Crippen molar-refractivity contribution in [2.45, 2.75) is 19.9 Å². The summed E-state index contributed by atoms with van der Waals surface area (Å²) in [6.45, 7) is 3.28. The van der Waals surface area contributed by atoms with Gasteiger partial charge in [0.05, 0.1) is 32.5 Å². The smallest absolute Gasteiger partial charge is 0.243 e. The summed E-state index contributed by atoms with van der Waals surface area (Å²) in [6, 6.07) is 1.69. The molecule has 1 atom stereocenters. The molecule has 0 aromatic heterocycles. The minimum absolute atomic E-state index is 0. The summed E-state index contributed by atoms with van der Waals surface area (Å²) >= 11 is 0. The molecular weight excluding hydrogens is 341 g/mol. The van der Waals surface area contributed by atoms with Crippen molar-refractivity contribution in [2.75, 3.05) is 26.1 Å². The summed E-state index contributed by atoms with van der Waals surface area (Å²) in [5.41, 5.74) is 5.58. The van der Waals surface area contributed by atoms with Crippen molar-refractivity contribution in [2.24, 2.45) is 11.7 Å². The van der Waals surface area contributed by atoms with Crippen molar-refractivity contribution in [3.8, 4) is 11.5 Å². The van der Waals surface area contributed by atoms with Crippen molar-refractivity contribution in [1.82, 2.24) is 5.32 Å². The zero-order valence-electron chi connectivity index (χ0n) is 14.0. The van der Waals surface area contributed by atoms with E-state index in [9.17, 15) is 14.0 Å². The number of hydrogen-bond donors (Lipinski definition) is 3. The molecule has 0 aliphatic carbocycles. The highest BCUT2D eigenvalue weighted by atomic mass is 35.5. The van der Waals surface area contributed by atoms with E-state index < -0.39 is 23.7 Å². The molecule has 0 saturated carbocycles. The minimum Gasteiger partial charge on any atom is -0.493 e. The second kappa shape index (κ2) is 9.94. The predicted molar refractivity (Wildman–Crippen MR) is 91.2 cm³/mol. The molecule has 0 aliphatic heterocycles. The Morgan fingerprint density at radius 1 is 1.21 bits per heavy atom. The molecule has 0 aliphatic rings. The van der Waals surface area contributed by atoms with Gasteiger partial charge in [-0.2, -0.15) is 0 Å². The largest absolute Gasteiger partial charge is 0.493 e. The second-order valence-corrected chi connectivity index (χ2v) is 5.22. The Balaban J connectivity index is 0.00000529. The van der Waals surface area contributed by atoms with E-state index in [0.717, 1.165) is 6.07 Å². The average molecular weight is 364 g/mol. The fourth-order valence-corrected chi connectivity index (χ4v) is 1.73. The monoisotopic (exact) mass is 363 g/mol. The number of nitrogens with two attached hydrogens (primary N) is 1. The third-order valence-electron chi connectivity index (χ3n) is 3.19. The Morgan fingerprint density at radius 2 is 1.75 bits per heavy atom. The fraction of sp³-hybridized carbons (Fsp3) is 0.467. The Labute approximate surface area is 146 Å². The van der Waals surface area contributed by atoms with Gasteiger partial charge in [0.15, 0.2) is 17.3 Å². The third kappa shape index (κ3) is 5.86. The lowest BCUT2D eigenvalue weighted by atomic mass is 10.1. The molecule has 136 valence electrons. The minimum atomic E-state index is -0.708. The van der Waals surface area contributed by atoms with E-state index in [1.54, 1.807) is 13.8 Å². The molecule has 0 radical (unpaired) electrons. The molecule has 1 aromatic rings. The molecule has 1 rings (SSSR count). The van der Waals surface area contributed by atoms with E-state index in [0.29, 0.717) is 0 Å². The molecule has 4 N–H and O–H groups in total. The molecular formula is C15H23ClFN3O4. The van der Waals surface area contributed by atoms with Gasteiger partial charge in [0.25, 0.3) is 0 Å². The van der Waals surface area contributed by atoms with Crippen LogP contribution in [0.25, 0.3) is 0 Å². The summed E-state index contributed by atoms with van der Waals surface area (Å²) in [5, 5.41) is 4.75. The van der Waals surface area contributed by atoms with Gasteiger partial charge in [-0.15, -0.1) is 12.4 Å². The highest BCUT2D eigenvalue weighted by molar-refractivity contribution is 5.95. The number of benzene rings is 1. The Kier molecular flexibility index (Phi) is 9.09.